The van der Waals surface area contributed by atoms with Gasteiger partial charge in [0.15, 0.2) is 5.78 Å². The highest BCUT2D eigenvalue weighted by molar-refractivity contribution is 7.18. The van der Waals surface area contributed by atoms with E-state index in [2.05, 4.69) is 9.24 Å². The Kier molecular flexibility index (Phi) is 5.04. The van der Waals surface area contributed by atoms with Crippen LogP contribution in [0.1, 0.15) is 47.3 Å². The SMILES string of the molecule is Cc1cc(C)c(C(=O)CC(C)(C)C(=O)CP)c(C)c1. The van der Waals surface area contributed by atoms with E-state index in [0.717, 1.165) is 22.3 Å². The summed E-state index contributed by atoms with van der Waals surface area (Å²) in [5, 5.41) is 0. The van der Waals surface area contributed by atoms with Gasteiger partial charge < -0.3 is 0 Å². The van der Waals surface area contributed by atoms with Crippen LogP contribution in [0.5, 0.6) is 0 Å². The van der Waals surface area contributed by atoms with Gasteiger partial charge in [0.2, 0.25) is 0 Å². The number of benzene rings is 1. The van der Waals surface area contributed by atoms with Crippen LogP contribution in [0.2, 0.25) is 0 Å². The summed E-state index contributed by atoms with van der Waals surface area (Å²) in [4.78, 5) is 24.3. The van der Waals surface area contributed by atoms with Crippen LogP contribution in [0.4, 0.5) is 0 Å². The molecule has 1 aromatic carbocycles. The molecule has 1 aromatic rings. The summed E-state index contributed by atoms with van der Waals surface area (Å²) in [5.74, 6) is 0.167. The van der Waals surface area contributed by atoms with E-state index >= 15 is 0 Å². The number of carbonyl (C=O) groups is 2. The number of Topliss-reactive ketones (excluding diaryl/α,β-unsaturated/α-hetero) is 2. The fourth-order valence-electron chi connectivity index (χ4n) is 2.48. The van der Waals surface area contributed by atoms with Crippen LogP contribution in [-0.2, 0) is 4.79 Å². The van der Waals surface area contributed by atoms with Gasteiger partial charge in [-0.25, -0.2) is 0 Å². The Morgan fingerprint density at radius 1 is 1.11 bits per heavy atom. The first-order valence-corrected chi connectivity index (χ1v) is 7.35. The molecule has 0 aliphatic carbocycles. The van der Waals surface area contributed by atoms with E-state index in [0.29, 0.717) is 6.16 Å². The molecule has 0 aliphatic rings. The Morgan fingerprint density at radius 3 is 2.00 bits per heavy atom. The molecular formula is C16H23O2P. The lowest BCUT2D eigenvalue weighted by atomic mass is 9.80. The predicted molar refractivity (Wildman–Crippen MR) is 83.0 cm³/mol. The van der Waals surface area contributed by atoms with Crippen molar-refractivity contribution in [2.75, 3.05) is 6.16 Å². The third kappa shape index (κ3) is 3.73. The fraction of sp³-hybridized carbons (Fsp3) is 0.500. The lowest BCUT2D eigenvalue weighted by Gasteiger charge is -2.22. The second-order valence-corrected chi connectivity index (χ2v) is 6.29. The number of hydrogen-bond acceptors (Lipinski definition) is 2. The van der Waals surface area contributed by atoms with Crippen molar-refractivity contribution in [2.45, 2.75) is 41.0 Å². The molecular weight excluding hydrogens is 255 g/mol. The van der Waals surface area contributed by atoms with Gasteiger partial charge in [-0.15, -0.1) is 9.24 Å². The van der Waals surface area contributed by atoms with Crippen molar-refractivity contribution in [1.29, 1.82) is 0 Å². The second-order valence-electron chi connectivity index (χ2n) is 5.88. The summed E-state index contributed by atoms with van der Waals surface area (Å²) in [6, 6.07) is 4.04. The van der Waals surface area contributed by atoms with Crippen LogP contribution in [0.3, 0.4) is 0 Å². The van der Waals surface area contributed by atoms with Crippen molar-refractivity contribution in [2.24, 2.45) is 5.41 Å². The zero-order valence-corrected chi connectivity index (χ0v) is 13.6. The highest BCUT2D eigenvalue weighted by Gasteiger charge is 2.30. The number of ketones is 2. The molecule has 0 aromatic heterocycles. The lowest BCUT2D eigenvalue weighted by Crippen LogP contribution is -2.28. The molecule has 0 radical (unpaired) electrons. The van der Waals surface area contributed by atoms with E-state index in [-0.39, 0.29) is 18.0 Å². The molecule has 0 fully saturated rings. The highest BCUT2D eigenvalue weighted by atomic mass is 31.0. The maximum absolute atomic E-state index is 12.5. The van der Waals surface area contributed by atoms with E-state index < -0.39 is 5.41 Å². The minimum Gasteiger partial charge on any atom is -0.299 e. The van der Waals surface area contributed by atoms with Crippen molar-refractivity contribution < 1.29 is 9.59 Å². The maximum Gasteiger partial charge on any atom is 0.164 e. The quantitative estimate of drug-likeness (QED) is 0.608. The standard InChI is InChI=1S/C16H23O2P/c1-10-6-11(2)15(12(3)7-10)13(17)8-16(4,5)14(18)9-19/h6-7H,8-9,19H2,1-5H3. The van der Waals surface area contributed by atoms with Gasteiger partial charge in [-0.05, 0) is 31.9 Å². The zero-order valence-electron chi connectivity index (χ0n) is 12.5. The second kappa shape index (κ2) is 5.96. The first-order valence-electron chi connectivity index (χ1n) is 6.53. The molecule has 0 heterocycles. The predicted octanol–water partition coefficient (Wildman–Crippen LogP) is 3.66. The summed E-state index contributed by atoms with van der Waals surface area (Å²) < 4.78 is 0. The van der Waals surface area contributed by atoms with Crippen LogP contribution in [0.15, 0.2) is 12.1 Å². The summed E-state index contributed by atoms with van der Waals surface area (Å²) >= 11 is 0. The van der Waals surface area contributed by atoms with Crippen molar-refractivity contribution in [3.05, 3.63) is 34.4 Å². The molecule has 0 saturated carbocycles. The molecule has 0 aliphatic heterocycles. The summed E-state index contributed by atoms with van der Waals surface area (Å²) in [6.45, 7) is 9.62. The normalized spacial score (nSPS) is 11.5. The van der Waals surface area contributed by atoms with Crippen LogP contribution in [-0.4, -0.2) is 17.7 Å². The van der Waals surface area contributed by atoms with E-state index in [1.54, 1.807) is 0 Å². The third-order valence-corrected chi connectivity index (χ3v) is 3.87. The molecule has 0 bridgehead atoms. The minimum atomic E-state index is -0.595. The van der Waals surface area contributed by atoms with E-state index in [1.807, 2.05) is 46.8 Å². The molecule has 0 amide bonds. The molecule has 0 N–H and O–H groups in total. The Morgan fingerprint density at radius 2 is 1.58 bits per heavy atom. The minimum absolute atomic E-state index is 0.0619. The number of aryl methyl sites for hydroxylation is 3. The maximum atomic E-state index is 12.5. The van der Waals surface area contributed by atoms with Gasteiger partial charge >= 0.3 is 0 Å². The Bertz CT molecular complexity index is 492. The largest absolute Gasteiger partial charge is 0.299 e. The molecule has 1 unspecified atom stereocenters. The third-order valence-electron chi connectivity index (χ3n) is 3.50. The van der Waals surface area contributed by atoms with E-state index in [4.69, 9.17) is 0 Å². The number of rotatable bonds is 5. The van der Waals surface area contributed by atoms with Crippen LogP contribution < -0.4 is 0 Å². The average Bonchev–Trinajstić information content (AvgIpc) is 2.25. The molecule has 1 rings (SSSR count). The van der Waals surface area contributed by atoms with Gasteiger partial charge in [0.1, 0.15) is 5.78 Å². The molecule has 0 spiro atoms. The molecule has 2 nitrogen and oxygen atoms in total. The smallest absolute Gasteiger partial charge is 0.164 e. The van der Waals surface area contributed by atoms with Crippen molar-refractivity contribution in [1.82, 2.24) is 0 Å². The topological polar surface area (TPSA) is 34.1 Å². The van der Waals surface area contributed by atoms with Crippen molar-refractivity contribution >= 4 is 20.8 Å². The van der Waals surface area contributed by atoms with Gasteiger partial charge in [0.25, 0.3) is 0 Å². The fourth-order valence-corrected chi connectivity index (χ4v) is 3.04. The summed E-state index contributed by atoms with van der Waals surface area (Å²) in [5.41, 5.74) is 3.33. The molecule has 3 heteroatoms. The molecule has 0 saturated heterocycles. The molecule has 104 valence electrons. The average molecular weight is 278 g/mol. The van der Waals surface area contributed by atoms with Crippen LogP contribution in [0, 0.1) is 26.2 Å². The highest BCUT2D eigenvalue weighted by Crippen LogP contribution is 2.27. The molecule has 19 heavy (non-hydrogen) atoms. The lowest BCUT2D eigenvalue weighted by molar-refractivity contribution is -0.124. The summed E-state index contributed by atoms with van der Waals surface area (Å²) in [7, 11) is 2.44. The van der Waals surface area contributed by atoms with Gasteiger partial charge in [0, 0.05) is 23.6 Å². The Labute approximate surface area is 118 Å². The Hall–Kier alpha value is -1.01. The number of hydrogen-bond donors (Lipinski definition) is 0. The summed E-state index contributed by atoms with van der Waals surface area (Å²) in [6.07, 6.45) is 0.664. The van der Waals surface area contributed by atoms with Gasteiger partial charge in [-0.2, -0.15) is 0 Å². The van der Waals surface area contributed by atoms with Gasteiger partial charge in [0.05, 0.1) is 0 Å². The van der Waals surface area contributed by atoms with Crippen LogP contribution >= 0.6 is 9.24 Å². The Balaban J connectivity index is 3.06. The first kappa shape index (κ1) is 16.0. The molecule has 1 atom stereocenters. The van der Waals surface area contributed by atoms with Crippen molar-refractivity contribution in [3.63, 3.8) is 0 Å². The van der Waals surface area contributed by atoms with Crippen molar-refractivity contribution in [3.8, 4) is 0 Å². The monoisotopic (exact) mass is 278 g/mol. The van der Waals surface area contributed by atoms with E-state index in [9.17, 15) is 9.59 Å². The first-order chi connectivity index (χ1) is 8.69. The van der Waals surface area contributed by atoms with Gasteiger partial charge in [-0.3, -0.25) is 9.59 Å². The number of carbonyl (C=O) groups excluding carboxylic acids is 2. The van der Waals surface area contributed by atoms with Crippen LogP contribution in [0.25, 0.3) is 0 Å². The zero-order chi connectivity index (χ0) is 14.8. The van der Waals surface area contributed by atoms with E-state index in [1.165, 1.54) is 0 Å². The van der Waals surface area contributed by atoms with Gasteiger partial charge in [-0.1, -0.05) is 31.5 Å².